The van der Waals surface area contributed by atoms with Gasteiger partial charge in [0.15, 0.2) is 0 Å². The Labute approximate surface area is 194 Å². The van der Waals surface area contributed by atoms with Gasteiger partial charge in [-0.2, -0.15) is 4.31 Å². The number of rotatable bonds is 9. The molecule has 1 N–H and O–H groups in total. The van der Waals surface area contributed by atoms with Crippen molar-refractivity contribution in [2.75, 3.05) is 12.4 Å². The predicted molar refractivity (Wildman–Crippen MR) is 130 cm³/mol. The highest BCUT2D eigenvalue weighted by Crippen LogP contribution is 2.23. The second kappa shape index (κ2) is 10.3. The Hall–Kier alpha value is -3.68. The van der Waals surface area contributed by atoms with E-state index in [2.05, 4.69) is 10.3 Å². The molecule has 0 aliphatic heterocycles. The first-order valence-corrected chi connectivity index (χ1v) is 11.9. The van der Waals surface area contributed by atoms with Crippen molar-refractivity contribution in [3.8, 4) is 5.75 Å². The normalized spacial score (nSPS) is 11.3. The van der Waals surface area contributed by atoms with Crippen molar-refractivity contribution < 1.29 is 13.2 Å². The lowest BCUT2D eigenvalue weighted by Gasteiger charge is -2.22. The molecule has 0 spiro atoms. The molecule has 3 aromatic carbocycles. The fourth-order valence-electron chi connectivity index (χ4n) is 3.38. The summed E-state index contributed by atoms with van der Waals surface area (Å²) in [4.78, 5) is 4.48. The minimum absolute atomic E-state index is 0.148. The van der Waals surface area contributed by atoms with Crippen LogP contribution in [0.25, 0.3) is 0 Å². The lowest BCUT2D eigenvalue weighted by atomic mass is 10.2. The third-order valence-electron chi connectivity index (χ3n) is 5.14. The molecule has 168 valence electrons. The Morgan fingerprint density at radius 2 is 1.36 bits per heavy atom. The van der Waals surface area contributed by atoms with Crippen LogP contribution in [0.3, 0.4) is 0 Å². The summed E-state index contributed by atoms with van der Waals surface area (Å²) >= 11 is 0. The number of benzene rings is 3. The second-order valence-electron chi connectivity index (χ2n) is 7.48. The molecule has 0 saturated heterocycles. The molecule has 0 aliphatic carbocycles. The van der Waals surface area contributed by atoms with E-state index < -0.39 is 10.0 Å². The smallest absolute Gasteiger partial charge is 0.245 e. The minimum atomic E-state index is -3.77. The first-order chi connectivity index (χ1) is 16.0. The van der Waals surface area contributed by atoms with Crippen LogP contribution < -0.4 is 10.1 Å². The van der Waals surface area contributed by atoms with Crippen LogP contribution in [0.5, 0.6) is 5.75 Å². The molecule has 0 aliphatic rings. The summed E-state index contributed by atoms with van der Waals surface area (Å²) in [6, 6.07) is 29.8. The van der Waals surface area contributed by atoms with Gasteiger partial charge in [-0.1, -0.05) is 60.7 Å². The molecule has 0 fully saturated rings. The molecule has 4 aromatic rings. The van der Waals surface area contributed by atoms with Gasteiger partial charge in [-0.25, -0.2) is 13.4 Å². The van der Waals surface area contributed by atoms with Crippen molar-refractivity contribution in [3.63, 3.8) is 0 Å². The quantitative estimate of drug-likeness (QED) is 0.371. The largest absolute Gasteiger partial charge is 0.497 e. The van der Waals surface area contributed by atoms with E-state index in [0.29, 0.717) is 5.82 Å². The molecule has 1 aromatic heterocycles. The molecule has 0 saturated carbocycles. The van der Waals surface area contributed by atoms with Crippen LogP contribution in [0.4, 0.5) is 11.5 Å². The van der Waals surface area contributed by atoms with E-state index in [1.807, 2.05) is 84.9 Å². The van der Waals surface area contributed by atoms with Crippen molar-refractivity contribution in [1.29, 1.82) is 0 Å². The summed E-state index contributed by atoms with van der Waals surface area (Å²) in [5.41, 5.74) is 2.67. The number of sulfonamides is 1. The maximum Gasteiger partial charge on any atom is 0.245 e. The third-order valence-corrected chi connectivity index (χ3v) is 6.92. The predicted octanol–water partition coefficient (Wildman–Crippen LogP) is 5.22. The Morgan fingerprint density at radius 3 is 1.85 bits per heavy atom. The van der Waals surface area contributed by atoms with Gasteiger partial charge in [0.05, 0.1) is 7.11 Å². The summed E-state index contributed by atoms with van der Waals surface area (Å²) in [6.07, 6.45) is 1.39. The number of anilines is 2. The highest BCUT2D eigenvalue weighted by atomic mass is 32.2. The lowest BCUT2D eigenvalue weighted by molar-refractivity contribution is 0.401. The summed E-state index contributed by atoms with van der Waals surface area (Å²) < 4.78 is 33.7. The van der Waals surface area contributed by atoms with Crippen LogP contribution in [0.15, 0.2) is 108 Å². The Balaban J connectivity index is 1.56. The lowest BCUT2D eigenvalue weighted by Crippen LogP contribution is -2.30. The maximum absolute atomic E-state index is 13.5. The summed E-state index contributed by atoms with van der Waals surface area (Å²) in [5, 5.41) is 3.17. The monoisotopic (exact) mass is 459 g/mol. The Morgan fingerprint density at radius 1 is 0.788 bits per heavy atom. The van der Waals surface area contributed by atoms with Crippen LogP contribution in [-0.2, 0) is 23.1 Å². The van der Waals surface area contributed by atoms with Gasteiger partial charge in [0, 0.05) is 25.0 Å². The molecular formula is C26H25N3O3S. The number of pyridine rings is 1. The van der Waals surface area contributed by atoms with Gasteiger partial charge in [0.1, 0.15) is 16.5 Å². The molecule has 6 nitrogen and oxygen atoms in total. The van der Waals surface area contributed by atoms with Crippen molar-refractivity contribution >= 4 is 21.5 Å². The average Bonchev–Trinajstić information content (AvgIpc) is 2.86. The van der Waals surface area contributed by atoms with Gasteiger partial charge in [-0.15, -0.1) is 0 Å². The first kappa shape index (κ1) is 22.5. The van der Waals surface area contributed by atoms with E-state index in [-0.39, 0.29) is 18.0 Å². The summed E-state index contributed by atoms with van der Waals surface area (Å²) in [7, 11) is -2.16. The SMILES string of the molecule is COc1ccc(Nc2ccc(S(=O)(=O)N(Cc3ccccc3)Cc3ccccc3)cn2)cc1. The van der Waals surface area contributed by atoms with E-state index in [4.69, 9.17) is 4.74 Å². The van der Waals surface area contributed by atoms with Crippen LogP contribution in [-0.4, -0.2) is 24.8 Å². The summed E-state index contributed by atoms with van der Waals surface area (Å²) in [5.74, 6) is 1.31. The van der Waals surface area contributed by atoms with Gasteiger partial charge >= 0.3 is 0 Å². The zero-order chi connectivity index (χ0) is 23.1. The standard InChI is InChI=1S/C26H25N3O3S/c1-32-24-14-12-23(13-15-24)28-26-17-16-25(18-27-26)33(30,31)29(19-21-8-4-2-5-9-21)20-22-10-6-3-7-11-22/h2-18H,19-20H2,1H3,(H,27,28). The molecule has 33 heavy (non-hydrogen) atoms. The van der Waals surface area contributed by atoms with Crippen molar-refractivity contribution in [2.24, 2.45) is 0 Å². The van der Waals surface area contributed by atoms with Gasteiger partial charge in [0.25, 0.3) is 0 Å². The molecule has 7 heteroatoms. The molecule has 0 unspecified atom stereocenters. The molecule has 1 heterocycles. The van der Waals surface area contributed by atoms with Crippen LogP contribution in [0.1, 0.15) is 11.1 Å². The minimum Gasteiger partial charge on any atom is -0.497 e. The Kier molecular flexibility index (Phi) is 7.02. The van der Waals surface area contributed by atoms with Crippen LogP contribution >= 0.6 is 0 Å². The average molecular weight is 460 g/mol. The van der Waals surface area contributed by atoms with Crippen LogP contribution in [0, 0.1) is 0 Å². The van der Waals surface area contributed by atoms with Gasteiger partial charge in [-0.05, 0) is 47.5 Å². The number of nitrogens with zero attached hydrogens (tertiary/aromatic N) is 2. The molecule has 4 rings (SSSR count). The molecule has 0 radical (unpaired) electrons. The van der Waals surface area contributed by atoms with Crippen molar-refractivity contribution in [3.05, 3.63) is 114 Å². The van der Waals surface area contributed by atoms with Crippen molar-refractivity contribution in [1.82, 2.24) is 9.29 Å². The fraction of sp³-hybridized carbons (Fsp3) is 0.115. The van der Waals surface area contributed by atoms with E-state index in [0.717, 1.165) is 22.6 Å². The molecular weight excluding hydrogens is 434 g/mol. The third kappa shape index (κ3) is 5.77. The number of hydrogen-bond donors (Lipinski definition) is 1. The van der Waals surface area contributed by atoms with Gasteiger partial charge < -0.3 is 10.1 Å². The van der Waals surface area contributed by atoms with Gasteiger partial charge in [0.2, 0.25) is 10.0 Å². The van der Waals surface area contributed by atoms with E-state index in [9.17, 15) is 8.42 Å². The zero-order valence-electron chi connectivity index (χ0n) is 18.3. The number of ether oxygens (including phenoxy) is 1. The van der Waals surface area contributed by atoms with Gasteiger partial charge in [-0.3, -0.25) is 0 Å². The highest BCUT2D eigenvalue weighted by molar-refractivity contribution is 7.89. The molecule has 0 bridgehead atoms. The number of hydrogen-bond acceptors (Lipinski definition) is 5. The second-order valence-corrected chi connectivity index (χ2v) is 9.41. The number of aromatic nitrogens is 1. The Bertz CT molecular complexity index is 1220. The number of methoxy groups -OCH3 is 1. The van der Waals surface area contributed by atoms with E-state index in [1.54, 1.807) is 19.2 Å². The molecule has 0 amide bonds. The fourth-order valence-corrected chi connectivity index (χ4v) is 4.74. The zero-order valence-corrected chi connectivity index (χ0v) is 19.1. The van der Waals surface area contributed by atoms with Crippen LogP contribution in [0.2, 0.25) is 0 Å². The molecule has 0 atom stereocenters. The maximum atomic E-state index is 13.5. The summed E-state index contributed by atoms with van der Waals surface area (Å²) in [6.45, 7) is 0.536. The number of nitrogens with one attached hydrogen (secondary N) is 1. The first-order valence-electron chi connectivity index (χ1n) is 10.5. The van der Waals surface area contributed by atoms with E-state index in [1.165, 1.54) is 10.5 Å². The topological polar surface area (TPSA) is 71.5 Å². The van der Waals surface area contributed by atoms with E-state index >= 15 is 0 Å². The highest BCUT2D eigenvalue weighted by Gasteiger charge is 2.25. The van der Waals surface area contributed by atoms with Crippen molar-refractivity contribution in [2.45, 2.75) is 18.0 Å².